The first kappa shape index (κ1) is 16.6. The third-order valence-electron chi connectivity index (χ3n) is 3.94. The zero-order valence-corrected chi connectivity index (χ0v) is 14.6. The molecule has 1 aliphatic heterocycles. The monoisotopic (exact) mass is 390 g/mol. The van der Waals surface area contributed by atoms with E-state index in [0.29, 0.717) is 15.8 Å². The van der Waals surface area contributed by atoms with Crippen molar-refractivity contribution < 1.29 is 23.4 Å². The average Bonchev–Trinajstić information content (AvgIpc) is 2.93. The Bertz CT molecular complexity index is 1190. The van der Waals surface area contributed by atoms with Gasteiger partial charge in [-0.1, -0.05) is 35.9 Å². The number of sulfone groups is 1. The van der Waals surface area contributed by atoms with Gasteiger partial charge in [0.15, 0.2) is 17.4 Å². The molecule has 0 fully saturated rings. The van der Waals surface area contributed by atoms with Gasteiger partial charge in [-0.25, -0.2) is 8.42 Å². The van der Waals surface area contributed by atoms with Crippen LogP contribution < -0.4 is 4.74 Å². The second-order valence-corrected chi connectivity index (χ2v) is 7.92. The molecule has 0 unspecified atom stereocenters. The van der Waals surface area contributed by atoms with Crippen molar-refractivity contribution in [3.8, 4) is 17.2 Å². The number of fused-ring (bicyclic) bond motifs is 3. The molecule has 0 aromatic heterocycles. The zero-order valence-electron chi connectivity index (χ0n) is 13.0. The van der Waals surface area contributed by atoms with E-state index >= 15 is 0 Å². The van der Waals surface area contributed by atoms with Crippen LogP contribution in [0.1, 0.15) is 0 Å². The largest absolute Gasteiger partial charge is 0.506 e. The number of halogens is 1. The van der Waals surface area contributed by atoms with Gasteiger partial charge in [-0.2, -0.15) is 0 Å². The van der Waals surface area contributed by atoms with Crippen LogP contribution in [-0.2, 0) is 9.84 Å². The maximum atomic E-state index is 12.4. The molecule has 0 saturated heterocycles. The van der Waals surface area contributed by atoms with Crippen LogP contribution in [0.4, 0.5) is 11.4 Å². The summed E-state index contributed by atoms with van der Waals surface area (Å²) in [5, 5.41) is 29.3. The van der Waals surface area contributed by atoms with E-state index in [-0.39, 0.29) is 33.5 Å². The van der Waals surface area contributed by atoms with Gasteiger partial charge in [0.05, 0.1) is 0 Å². The van der Waals surface area contributed by atoms with Gasteiger partial charge < -0.3 is 14.9 Å². The Kier molecular flexibility index (Phi) is 3.74. The summed E-state index contributed by atoms with van der Waals surface area (Å²) in [5.74, 6) is -0.934. The number of ether oxygens (including phenoxy) is 1. The first-order chi connectivity index (χ1) is 12.4. The second kappa shape index (κ2) is 5.86. The molecule has 4 rings (SSSR count). The van der Waals surface area contributed by atoms with Crippen LogP contribution in [0.5, 0.6) is 17.2 Å². The summed E-state index contributed by atoms with van der Waals surface area (Å²) in [6, 6.07) is 10.8. The Morgan fingerprint density at radius 3 is 2.54 bits per heavy atom. The lowest BCUT2D eigenvalue weighted by Crippen LogP contribution is -2.01. The number of nitrogens with zero attached hydrogens (tertiary/aromatic N) is 2. The maximum Gasteiger partial charge on any atom is 0.219 e. The predicted octanol–water partition coefficient (Wildman–Crippen LogP) is 4.44. The molecule has 7 nitrogen and oxygen atoms in total. The Labute approximate surface area is 153 Å². The van der Waals surface area contributed by atoms with Crippen molar-refractivity contribution in [1.29, 1.82) is 0 Å². The first-order valence-corrected chi connectivity index (χ1v) is 9.45. The maximum absolute atomic E-state index is 12.4. The molecule has 0 bridgehead atoms. The fourth-order valence-corrected chi connectivity index (χ4v) is 4.19. The fraction of sp³-hybridized carbons (Fsp3) is 0.0588. The number of hydrogen-bond acceptors (Lipinski definition) is 7. The van der Waals surface area contributed by atoms with Crippen molar-refractivity contribution in [1.82, 2.24) is 0 Å². The summed E-state index contributed by atoms with van der Waals surface area (Å²) in [6.07, 6.45) is 0. The van der Waals surface area contributed by atoms with E-state index in [1.54, 1.807) is 24.3 Å². The average molecular weight is 391 g/mol. The lowest BCUT2D eigenvalue weighted by molar-refractivity contribution is 0.393. The lowest BCUT2D eigenvalue weighted by atomic mass is 10.1. The van der Waals surface area contributed by atoms with Crippen molar-refractivity contribution in [3.63, 3.8) is 0 Å². The molecule has 26 heavy (non-hydrogen) atoms. The van der Waals surface area contributed by atoms with Crippen LogP contribution in [0.25, 0.3) is 10.8 Å². The molecule has 0 aliphatic carbocycles. The minimum Gasteiger partial charge on any atom is -0.506 e. The molecule has 3 aromatic carbocycles. The smallest absolute Gasteiger partial charge is 0.219 e. The van der Waals surface area contributed by atoms with Gasteiger partial charge in [0.25, 0.3) is 0 Å². The van der Waals surface area contributed by atoms with Crippen LogP contribution in [0.3, 0.4) is 0 Å². The van der Waals surface area contributed by atoms with E-state index in [9.17, 15) is 18.6 Å². The zero-order chi connectivity index (χ0) is 18.5. The number of aromatic hydroxyl groups is 2. The van der Waals surface area contributed by atoms with Crippen LogP contribution in [0.2, 0.25) is 5.02 Å². The highest BCUT2D eigenvalue weighted by atomic mass is 35.5. The van der Waals surface area contributed by atoms with Crippen molar-refractivity contribution in [2.45, 2.75) is 4.90 Å². The van der Waals surface area contributed by atoms with E-state index in [1.807, 2.05) is 0 Å². The normalized spacial score (nSPS) is 15.3. The van der Waals surface area contributed by atoms with Crippen LogP contribution in [0.15, 0.2) is 57.6 Å². The Hall–Kier alpha value is -2.84. The molecule has 0 saturated carbocycles. The minimum atomic E-state index is -3.80. The first-order valence-electron chi connectivity index (χ1n) is 7.42. The van der Waals surface area contributed by atoms with Gasteiger partial charge in [0.1, 0.15) is 22.1 Å². The van der Waals surface area contributed by atoms with Gasteiger partial charge >= 0.3 is 0 Å². The Morgan fingerprint density at radius 1 is 1.04 bits per heavy atom. The molecule has 9 heteroatoms. The molecule has 0 radical (unpaired) electrons. The molecule has 0 amide bonds. The summed E-state index contributed by atoms with van der Waals surface area (Å²) < 4.78 is 30.1. The molecule has 0 spiro atoms. The molecular weight excluding hydrogens is 380 g/mol. The molecule has 1 aliphatic rings. The third kappa shape index (κ3) is 2.54. The van der Waals surface area contributed by atoms with Crippen LogP contribution >= 0.6 is 11.6 Å². The number of phenols is 2. The number of phenolic OH excluding ortho intramolecular Hbond substituents is 2. The third-order valence-corrected chi connectivity index (χ3v) is 5.60. The highest BCUT2D eigenvalue weighted by molar-refractivity contribution is 7.91. The van der Waals surface area contributed by atoms with Gasteiger partial charge in [0.2, 0.25) is 9.84 Å². The highest BCUT2D eigenvalue weighted by Gasteiger charge is 2.36. The highest BCUT2D eigenvalue weighted by Crippen LogP contribution is 2.51. The molecule has 3 aromatic rings. The van der Waals surface area contributed by atoms with E-state index in [0.717, 1.165) is 0 Å². The Balaban J connectivity index is 2.00. The number of benzene rings is 3. The fourth-order valence-electron chi connectivity index (χ4n) is 2.75. The number of azo groups is 1. The summed E-state index contributed by atoms with van der Waals surface area (Å²) in [7, 11) is -3.80. The summed E-state index contributed by atoms with van der Waals surface area (Å²) in [5.41, 5.74) is -0.203. The molecule has 0 atom stereocenters. The standard InChI is InChI=1S/C17H11ClN2O5S/c18-9-5-6-13(21)12(7-9)19-20-14-15(22)10-3-1-2-4-11(10)16-17(14)26(23,24)8-25-16/h1-7,21-22H,8H2. The minimum absolute atomic E-state index is 0.0371. The quantitative estimate of drug-likeness (QED) is 0.628. The summed E-state index contributed by atoms with van der Waals surface area (Å²) in [4.78, 5) is -0.223. The van der Waals surface area contributed by atoms with E-state index in [4.69, 9.17) is 16.3 Å². The Morgan fingerprint density at radius 2 is 1.77 bits per heavy atom. The van der Waals surface area contributed by atoms with Crippen LogP contribution in [-0.4, -0.2) is 24.6 Å². The van der Waals surface area contributed by atoms with Gasteiger partial charge in [-0.05, 0) is 18.2 Å². The molecular formula is C17H11ClN2O5S. The summed E-state index contributed by atoms with van der Waals surface area (Å²) in [6.45, 7) is 0. The van der Waals surface area contributed by atoms with Crippen molar-refractivity contribution >= 4 is 43.6 Å². The van der Waals surface area contributed by atoms with Crippen molar-refractivity contribution in [3.05, 3.63) is 47.5 Å². The number of hydrogen-bond donors (Lipinski definition) is 2. The van der Waals surface area contributed by atoms with E-state index in [2.05, 4.69) is 10.2 Å². The molecule has 1 heterocycles. The van der Waals surface area contributed by atoms with Gasteiger partial charge in [0, 0.05) is 15.8 Å². The topological polar surface area (TPSA) is 109 Å². The molecule has 132 valence electrons. The predicted molar refractivity (Wildman–Crippen MR) is 95.6 cm³/mol. The van der Waals surface area contributed by atoms with Crippen molar-refractivity contribution in [2.75, 3.05) is 5.94 Å². The molecule has 2 N–H and O–H groups in total. The van der Waals surface area contributed by atoms with Gasteiger partial charge in [-0.3, -0.25) is 0 Å². The number of rotatable bonds is 2. The van der Waals surface area contributed by atoms with E-state index in [1.165, 1.54) is 18.2 Å². The summed E-state index contributed by atoms with van der Waals surface area (Å²) >= 11 is 5.87. The second-order valence-electron chi connectivity index (χ2n) is 5.61. The van der Waals surface area contributed by atoms with Crippen LogP contribution in [0, 0.1) is 0 Å². The lowest BCUT2D eigenvalue weighted by Gasteiger charge is -2.09. The van der Waals surface area contributed by atoms with Gasteiger partial charge in [-0.15, -0.1) is 10.2 Å². The van der Waals surface area contributed by atoms with Crippen molar-refractivity contribution in [2.24, 2.45) is 10.2 Å². The SMILES string of the molecule is O=S1(=O)COc2c1c(N=Nc1cc(Cl)ccc1O)c(O)c1ccccc21. The van der Waals surface area contributed by atoms with E-state index < -0.39 is 15.8 Å².